The molecule has 0 saturated carbocycles. The average molecular weight is 207 g/mol. The summed E-state index contributed by atoms with van der Waals surface area (Å²) in [6, 6.07) is 6.31. The molecule has 1 aromatic carbocycles. The van der Waals surface area contributed by atoms with Gasteiger partial charge in [-0.2, -0.15) is 0 Å². The van der Waals surface area contributed by atoms with Gasteiger partial charge in [-0.3, -0.25) is 14.9 Å². The zero-order valence-electron chi connectivity index (χ0n) is 8.04. The largest absolute Gasteiger partial charge is 0.356 e. The first-order valence-electron chi connectivity index (χ1n) is 4.50. The van der Waals surface area contributed by atoms with Gasteiger partial charge in [-0.25, -0.2) is 0 Å². The van der Waals surface area contributed by atoms with Crippen LogP contribution in [0.25, 0.3) is 0 Å². The van der Waals surface area contributed by atoms with Crippen molar-refractivity contribution in [3.63, 3.8) is 0 Å². The number of nitrogens with zero attached hydrogens (tertiary/aromatic N) is 1. The average Bonchev–Trinajstić information content (AvgIpc) is 2.97. The first kappa shape index (κ1) is 9.79. The summed E-state index contributed by atoms with van der Waals surface area (Å²) in [6.45, 7) is 1.42. The number of ether oxygens (including phenoxy) is 1. The lowest BCUT2D eigenvalue weighted by atomic mass is 10.1. The molecule has 5 heteroatoms. The molecule has 0 radical (unpaired) electrons. The van der Waals surface area contributed by atoms with Crippen LogP contribution in [0.1, 0.15) is 18.6 Å². The lowest BCUT2D eigenvalue weighted by Crippen LogP contribution is -2.02. The summed E-state index contributed by atoms with van der Waals surface area (Å²) in [7, 11) is 0. The number of carbonyl (C=O) groups excluding carboxylic acids is 1. The van der Waals surface area contributed by atoms with Gasteiger partial charge in [0.25, 0.3) is 5.69 Å². The normalized spacial score (nSPS) is 23.5. The van der Waals surface area contributed by atoms with Gasteiger partial charge in [-0.15, -0.1) is 0 Å². The van der Waals surface area contributed by atoms with Crippen LogP contribution in [0.2, 0.25) is 0 Å². The Hall–Kier alpha value is -1.75. The molecular formula is C10H9NO4. The monoisotopic (exact) mass is 207 g/mol. The number of ketones is 1. The fraction of sp³-hybridized carbons (Fsp3) is 0.300. The second-order valence-electron chi connectivity index (χ2n) is 3.40. The van der Waals surface area contributed by atoms with Crippen LogP contribution in [0.4, 0.5) is 5.69 Å². The molecule has 0 unspecified atom stereocenters. The van der Waals surface area contributed by atoms with Crippen LogP contribution in [0, 0.1) is 10.1 Å². The second kappa shape index (κ2) is 3.43. The number of benzene rings is 1. The van der Waals surface area contributed by atoms with Gasteiger partial charge in [-0.05, 0) is 13.0 Å². The number of hydrogen-bond donors (Lipinski definition) is 0. The number of Topliss-reactive ketones (excluding diaryl/α,β-unsaturated/α-hetero) is 1. The highest BCUT2D eigenvalue weighted by Gasteiger charge is 2.46. The number of para-hydroxylation sites is 1. The molecule has 5 nitrogen and oxygen atoms in total. The quantitative estimate of drug-likeness (QED) is 0.429. The number of rotatable bonds is 3. The van der Waals surface area contributed by atoms with Gasteiger partial charge >= 0.3 is 0 Å². The van der Waals surface area contributed by atoms with Gasteiger partial charge in [0.2, 0.25) is 0 Å². The number of epoxide rings is 1. The Morgan fingerprint density at radius 2 is 2.13 bits per heavy atom. The zero-order valence-corrected chi connectivity index (χ0v) is 8.04. The molecule has 0 spiro atoms. The topological polar surface area (TPSA) is 72.7 Å². The Kier molecular flexibility index (Phi) is 2.24. The van der Waals surface area contributed by atoms with Crippen molar-refractivity contribution in [2.45, 2.75) is 19.1 Å². The minimum absolute atomic E-state index is 0.00579. The smallest absolute Gasteiger partial charge is 0.275 e. The highest BCUT2D eigenvalue weighted by Crippen LogP contribution is 2.42. The summed E-state index contributed by atoms with van der Waals surface area (Å²) in [6.07, 6.45) is -0.949. The van der Waals surface area contributed by atoms with E-state index in [9.17, 15) is 14.9 Å². The lowest BCUT2D eigenvalue weighted by Gasteiger charge is -1.97. The van der Waals surface area contributed by atoms with E-state index in [0.29, 0.717) is 5.56 Å². The molecule has 1 aromatic rings. The SMILES string of the molecule is CC(=O)[C@@H]1O[C@H]1c1ccccc1[N+](=O)[O-]. The van der Waals surface area contributed by atoms with E-state index in [2.05, 4.69) is 0 Å². The van der Waals surface area contributed by atoms with Crippen molar-refractivity contribution in [1.29, 1.82) is 0 Å². The number of nitro benzene ring substituents is 1. The van der Waals surface area contributed by atoms with E-state index >= 15 is 0 Å². The molecule has 78 valence electrons. The first-order chi connectivity index (χ1) is 7.11. The van der Waals surface area contributed by atoms with Crippen molar-refractivity contribution in [2.75, 3.05) is 0 Å². The Bertz CT molecular complexity index is 429. The zero-order chi connectivity index (χ0) is 11.0. The molecule has 1 saturated heterocycles. The molecule has 1 heterocycles. The lowest BCUT2D eigenvalue weighted by molar-refractivity contribution is -0.385. The molecule has 2 atom stereocenters. The molecule has 1 aliphatic rings. The van der Waals surface area contributed by atoms with E-state index in [4.69, 9.17) is 4.74 Å². The van der Waals surface area contributed by atoms with E-state index in [1.54, 1.807) is 18.2 Å². The second-order valence-corrected chi connectivity index (χ2v) is 3.40. The minimum atomic E-state index is -0.508. The number of nitro groups is 1. The third kappa shape index (κ3) is 1.73. The molecule has 0 bridgehead atoms. The molecule has 15 heavy (non-hydrogen) atoms. The predicted molar refractivity (Wildman–Crippen MR) is 51.4 cm³/mol. The van der Waals surface area contributed by atoms with Gasteiger partial charge < -0.3 is 4.74 Å². The molecule has 0 aromatic heterocycles. The van der Waals surface area contributed by atoms with Crippen LogP contribution in [0.15, 0.2) is 24.3 Å². The first-order valence-corrected chi connectivity index (χ1v) is 4.50. The number of carbonyl (C=O) groups is 1. The van der Waals surface area contributed by atoms with E-state index in [1.165, 1.54) is 13.0 Å². The van der Waals surface area contributed by atoms with Gasteiger partial charge in [0.15, 0.2) is 5.78 Å². The highest BCUT2D eigenvalue weighted by atomic mass is 16.6. The summed E-state index contributed by atoms with van der Waals surface area (Å²) in [5.74, 6) is -0.0989. The summed E-state index contributed by atoms with van der Waals surface area (Å²) >= 11 is 0. The van der Waals surface area contributed by atoms with Gasteiger partial charge in [-0.1, -0.05) is 12.1 Å². The third-order valence-corrected chi connectivity index (χ3v) is 2.33. The fourth-order valence-corrected chi connectivity index (χ4v) is 1.55. The van der Waals surface area contributed by atoms with Gasteiger partial charge in [0.05, 0.1) is 10.5 Å². The Labute approximate surface area is 85.8 Å². The van der Waals surface area contributed by atoms with E-state index in [-0.39, 0.29) is 11.5 Å². The summed E-state index contributed by atoms with van der Waals surface area (Å²) in [4.78, 5) is 21.2. The van der Waals surface area contributed by atoms with Crippen LogP contribution in [0.5, 0.6) is 0 Å². The van der Waals surface area contributed by atoms with E-state index in [1.807, 2.05) is 0 Å². The molecule has 0 aliphatic carbocycles. The molecule has 2 rings (SSSR count). The summed E-state index contributed by atoms with van der Waals surface area (Å²) in [5.41, 5.74) is 0.481. The molecule has 1 fully saturated rings. The fourth-order valence-electron chi connectivity index (χ4n) is 1.55. The summed E-state index contributed by atoms with van der Waals surface area (Å²) < 4.78 is 5.10. The number of hydrogen-bond acceptors (Lipinski definition) is 4. The van der Waals surface area contributed by atoms with Crippen molar-refractivity contribution < 1.29 is 14.5 Å². The van der Waals surface area contributed by atoms with Crippen LogP contribution >= 0.6 is 0 Å². The van der Waals surface area contributed by atoms with Crippen molar-refractivity contribution in [2.24, 2.45) is 0 Å². The van der Waals surface area contributed by atoms with Gasteiger partial charge in [0.1, 0.15) is 12.2 Å². The van der Waals surface area contributed by atoms with Crippen molar-refractivity contribution in [3.8, 4) is 0 Å². The van der Waals surface area contributed by atoms with Crippen LogP contribution < -0.4 is 0 Å². The van der Waals surface area contributed by atoms with Gasteiger partial charge in [0, 0.05) is 6.07 Å². The Balaban J connectivity index is 2.30. The minimum Gasteiger partial charge on any atom is -0.356 e. The van der Waals surface area contributed by atoms with Crippen molar-refractivity contribution in [3.05, 3.63) is 39.9 Å². The molecule has 0 N–H and O–H groups in total. The molecule has 0 amide bonds. The third-order valence-electron chi connectivity index (χ3n) is 2.33. The maximum absolute atomic E-state index is 11.0. The Morgan fingerprint density at radius 1 is 1.47 bits per heavy atom. The standard InChI is InChI=1S/C10H9NO4/c1-6(12)9-10(15-9)7-4-2-3-5-8(7)11(13)14/h2-5,9-10H,1H3/t9-,10-/m0/s1. The summed E-state index contributed by atoms with van der Waals surface area (Å²) in [5, 5.41) is 10.7. The molecular weight excluding hydrogens is 198 g/mol. The van der Waals surface area contributed by atoms with Crippen molar-refractivity contribution >= 4 is 11.5 Å². The highest BCUT2D eigenvalue weighted by molar-refractivity contribution is 5.84. The maximum Gasteiger partial charge on any atom is 0.275 e. The predicted octanol–water partition coefficient (Wildman–Crippen LogP) is 1.62. The van der Waals surface area contributed by atoms with E-state index < -0.39 is 17.1 Å². The van der Waals surface area contributed by atoms with Crippen molar-refractivity contribution in [1.82, 2.24) is 0 Å². The van der Waals surface area contributed by atoms with Crippen LogP contribution in [0.3, 0.4) is 0 Å². The maximum atomic E-state index is 11.0. The Morgan fingerprint density at radius 3 is 2.67 bits per heavy atom. The molecule has 1 aliphatic heterocycles. The van der Waals surface area contributed by atoms with Crippen LogP contribution in [-0.2, 0) is 9.53 Å². The van der Waals surface area contributed by atoms with E-state index in [0.717, 1.165) is 0 Å². The van der Waals surface area contributed by atoms with Crippen LogP contribution in [-0.4, -0.2) is 16.8 Å².